The lowest BCUT2D eigenvalue weighted by molar-refractivity contribution is 0.343. The van der Waals surface area contributed by atoms with Gasteiger partial charge in [0.15, 0.2) is 0 Å². The summed E-state index contributed by atoms with van der Waals surface area (Å²) in [5.41, 5.74) is -0.209. The van der Waals surface area contributed by atoms with Crippen LogP contribution in [0.3, 0.4) is 0 Å². The van der Waals surface area contributed by atoms with E-state index in [4.69, 9.17) is 0 Å². The van der Waals surface area contributed by atoms with Crippen LogP contribution in [0.25, 0.3) is 0 Å². The lowest BCUT2D eigenvalue weighted by Crippen LogP contribution is -2.25. The van der Waals surface area contributed by atoms with E-state index in [0.29, 0.717) is 0 Å². The second-order valence-corrected chi connectivity index (χ2v) is 5.28. The third kappa shape index (κ3) is 2.06. The van der Waals surface area contributed by atoms with E-state index in [0.717, 1.165) is 32.4 Å². The van der Waals surface area contributed by atoms with Crippen molar-refractivity contribution in [2.75, 3.05) is 20.1 Å². The molecule has 2 rings (SSSR count). The summed E-state index contributed by atoms with van der Waals surface area (Å²) in [5, 5.41) is 11.5. The summed E-state index contributed by atoms with van der Waals surface area (Å²) in [7, 11) is 2.14. The second kappa shape index (κ2) is 4.34. The Bertz CT molecular complexity index is 352. The molecular formula is C12H16N2S. The van der Waals surface area contributed by atoms with Gasteiger partial charge in [-0.25, -0.2) is 0 Å². The summed E-state index contributed by atoms with van der Waals surface area (Å²) in [6.07, 6.45) is 3.11. The van der Waals surface area contributed by atoms with E-state index >= 15 is 0 Å². The van der Waals surface area contributed by atoms with Crippen LogP contribution in [0.4, 0.5) is 0 Å². The number of hydrogen-bond donors (Lipinski definition) is 0. The fourth-order valence-corrected chi connectivity index (χ4v) is 3.17. The standard InChI is InChI=1S/C12H16N2S/c1-14-7-3-5-12(10-13,6-8-14)11-4-2-9-15-11/h2,4,9H,3,5-8H2,1H3. The molecule has 1 aromatic heterocycles. The van der Waals surface area contributed by atoms with Crippen molar-refractivity contribution in [1.29, 1.82) is 5.26 Å². The molecule has 3 heteroatoms. The van der Waals surface area contributed by atoms with E-state index in [9.17, 15) is 5.26 Å². The van der Waals surface area contributed by atoms with Gasteiger partial charge in [0, 0.05) is 4.88 Å². The molecule has 0 N–H and O–H groups in total. The number of likely N-dealkylation sites (tertiary alicyclic amines) is 1. The van der Waals surface area contributed by atoms with Crippen molar-refractivity contribution in [3.63, 3.8) is 0 Å². The molecular weight excluding hydrogens is 204 g/mol. The predicted octanol–water partition coefficient (Wildman–Crippen LogP) is 2.63. The van der Waals surface area contributed by atoms with Crippen molar-refractivity contribution < 1.29 is 0 Å². The molecule has 80 valence electrons. The molecule has 1 atom stereocenters. The van der Waals surface area contributed by atoms with Crippen LogP contribution < -0.4 is 0 Å². The molecule has 0 radical (unpaired) electrons. The van der Waals surface area contributed by atoms with E-state index in [2.05, 4.69) is 29.5 Å². The maximum atomic E-state index is 9.46. The molecule has 1 unspecified atom stereocenters. The van der Waals surface area contributed by atoms with Gasteiger partial charge in [-0.1, -0.05) is 6.07 Å². The van der Waals surface area contributed by atoms with Crippen molar-refractivity contribution in [3.8, 4) is 6.07 Å². The first kappa shape index (κ1) is 10.7. The van der Waals surface area contributed by atoms with Gasteiger partial charge < -0.3 is 4.90 Å². The average molecular weight is 220 g/mol. The summed E-state index contributed by atoms with van der Waals surface area (Å²) >= 11 is 1.72. The van der Waals surface area contributed by atoms with E-state index in [1.165, 1.54) is 4.88 Å². The smallest absolute Gasteiger partial charge is 0.0927 e. The maximum absolute atomic E-state index is 9.46. The van der Waals surface area contributed by atoms with Crippen LogP contribution in [-0.2, 0) is 5.41 Å². The van der Waals surface area contributed by atoms with Crippen LogP contribution in [0, 0.1) is 11.3 Å². The van der Waals surface area contributed by atoms with Gasteiger partial charge in [-0.15, -0.1) is 11.3 Å². The van der Waals surface area contributed by atoms with Crippen LogP contribution in [0.5, 0.6) is 0 Å². The van der Waals surface area contributed by atoms with Gasteiger partial charge in [-0.05, 0) is 50.8 Å². The number of nitrogens with zero attached hydrogens (tertiary/aromatic N) is 2. The molecule has 0 amide bonds. The lowest BCUT2D eigenvalue weighted by atomic mass is 9.81. The Balaban J connectivity index is 2.26. The van der Waals surface area contributed by atoms with Crippen molar-refractivity contribution in [2.24, 2.45) is 0 Å². The number of hydrogen-bond acceptors (Lipinski definition) is 3. The minimum atomic E-state index is -0.209. The number of nitriles is 1. The van der Waals surface area contributed by atoms with Gasteiger partial charge >= 0.3 is 0 Å². The Morgan fingerprint density at radius 3 is 3.00 bits per heavy atom. The molecule has 15 heavy (non-hydrogen) atoms. The molecule has 1 saturated heterocycles. The molecule has 2 nitrogen and oxygen atoms in total. The SMILES string of the molecule is CN1CCCC(C#N)(c2cccs2)CC1. The Kier molecular flexibility index (Phi) is 3.08. The quantitative estimate of drug-likeness (QED) is 0.727. The van der Waals surface area contributed by atoms with E-state index in [1.807, 2.05) is 6.07 Å². The van der Waals surface area contributed by atoms with Gasteiger partial charge in [-0.3, -0.25) is 0 Å². The zero-order valence-corrected chi connectivity index (χ0v) is 9.89. The number of rotatable bonds is 1. The van der Waals surface area contributed by atoms with Crippen molar-refractivity contribution in [3.05, 3.63) is 22.4 Å². The summed E-state index contributed by atoms with van der Waals surface area (Å²) in [6, 6.07) is 6.72. The zero-order chi connectivity index (χ0) is 10.7. The second-order valence-electron chi connectivity index (χ2n) is 4.33. The highest BCUT2D eigenvalue weighted by Gasteiger charge is 2.34. The summed E-state index contributed by atoms with van der Waals surface area (Å²) < 4.78 is 0. The molecule has 1 fully saturated rings. The highest BCUT2D eigenvalue weighted by Crippen LogP contribution is 2.37. The highest BCUT2D eigenvalue weighted by atomic mass is 32.1. The monoisotopic (exact) mass is 220 g/mol. The Morgan fingerprint density at radius 2 is 2.33 bits per heavy atom. The molecule has 0 spiro atoms. The average Bonchev–Trinajstić information content (AvgIpc) is 2.71. The van der Waals surface area contributed by atoms with Gasteiger partial charge in [0.1, 0.15) is 0 Å². The number of thiophene rings is 1. The first-order chi connectivity index (χ1) is 7.27. The Labute approximate surface area is 95.1 Å². The molecule has 1 aliphatic heterocycles. The highest BCUT2D eigenvalue weighted by molar-refractivity contribution is 7.10. The molecule has 0 aliphatic carbocycles. The van der Waals surface area contributed by atoms with Crippen molar-refractivity contribution in [2.45, 2.75) is 24.7 Å². The molecule has 1 aromatic rings. The van der Waals surface area contributed by atoms with Crippen molar-refractivity contribution in [1.82, 2.24) is 4.90 Å². The summed E-state index contributed by atoms with van der Waals surface area (Å²) in [5.74, 6) is 0. The minimum Gasteiger partial charge on any atom is -0.306 e. The third-order valence-electron chi connectivity index (χ3n) is 3.27. The van der Waals surface area contributed by atoms with Crippen LogP contribution in [0.15, 0.2) is 17.5 Å². The predicted molar refractivity (Wildman–Crippen MR) is 63.0 cm³/mol. The molecule has 0 saturated carbocycles. The van der Waals surface area contributed by atoms with E-state index in [1.54, 1.807) is 11.3 Å². The first-order valence-corrected chi connectivity index (χ1v) is 6.29. The minimum absolute atomic E-state index is 0.209. The van der Waals surface area contributed by atoms with Crippen LogP contribution in [0.2, 0.25) is 0 Å². The first-order valence-electron chi connectivity index (χ1n) is 5.41. The third-order valence-corrected chi connectivity index (χ3v) is 4.34. The maximum Gasteiger partial charge on any atom is 0.0927 e. The van der Waals surface area contributed by atoms with Crippen LogP contribution in [0.1, 0.15) is 24.1 Å². The topological polar surface area (TPSA) is 27.0 Å². The summed E-state index contributed by atoms with van der Waals surface area (Å²) in [6.45, 7) is 2.15. The zero-order valence-electron chi connectivity index (χ0n) is 9.07. The fourth-order valence-electron chi connectivity index (χ4n) is 2.23. The van der Waals surface area contributed by atoms with E-state index < -0.39 is 0 Å². The molecule has 2 heterocycles. The Hall–Kier alpha value is -0.850. The van der Waals surface area contributed by atoms with Crippen LogP contribution in [-0.4, -0.2) is 25.0 Å². The molecule has 1 aliphatic rings. The van der Waals surface area contributed by atoms with Gasteiger partial charge in [-0.2, -0.15) is 5.26 Å². The van der Waals surface area contributed by atoms with E-state index in [-0.39, 0.29) is 5.41 Å². The normalized spacial score (nSPS) is 28.3. The van der Waals surface area contributed by atoms with Crippen molar-refractivity contribution >= 4 is 11.3 Å². The largest absolute Gasteiger partial charge is 0.306 e. The summed E-state index contributed by atoms with van der Waals surface area (Å²) in [4.78, 5) is 3.58. The molecule has 0 bridgehead atoms. The fraction of sp³-hybridized carbons (Fsp3) is 0.583. The van der Waals surface area contributed by atoms with Crippen LogP contribution >= 0.6 is 11.3 Å². The molecule has 0 aromatic carbocycles. The Morgan fingerprint density at radius 1 is 1.47 bits per heavy atom. The van der Waals surface area contributed by atoms with Gasteiger partial charge in [0.05, 0.1) is 11.5 Å². The van der Waals surface area contributed by atoms with Gasteiger partial charge in [0.25, 0.3) is 0 Å². The van der Waals surface area contributed by atoms with Gasteiger partial charge in [0.2, 0.25) is 0 Å². The lowest BCUT2D eigenvalue weighted by Gasteiger charge is -2.23.